The number of piperazine rings is 1. The van der Waals surface area contributed by atoms with Crippen molar-refractivity contribution < 1.29 is 23.9 Å². The first kappa shape index (κ1) is 22.0. The Morgan fingerprint density at radius 3 is 2.52 bits per heavy atom. The van der Waals surface area contributed by atoms with Crippen molar-refractivity contribution in [3.8, 4) is 5.75 Å². The van der Waals surface area contributed by atoms with Crippen molar-refractivity contribution in [3.63, 3.8) is 0 Å². The Kier molecular flexibility index (Phi) is 5.82. The summed E-state index contributed by atoms with van der Waals surface area (Å²) >= 11 is 0. The lowest BCUT2D eigenvalue weighted by Crippen LogP contribution is -2.56. The molecule has 0 radical (unpaired) electrons. The molecule has 10 nitrogen and oxygen atoms in total. The molecule has 33 heavy (non-hydrogen) atoms. The number of aromatic nitrogens is 2. The van der Waals surface area contributed by atoms with E-state index in [0.717, 1.165) is 0 Å². The number of nitrogens with one attached hydrogen (secondary N) is 1. The second-order valence-electron chi connectivity index (χ2n) is 7.79. The van der Waals surface area contributed by atoms with Crippen molar-refractivity contribution in [2.75, 3.05) is 26.7 Å². The fraction of sp³-hybridized carbons (Fsp3) is 0.261. The number of primary amides is 1. The zero-order chi connectivity index (χ0) is 23.7. The lowest BCUT2D eigenvalue weighted by Gasteiger charge is -2.39. The van der Waals surface area contributed by atoms with E-state index >= 15 is 0 Å². The topological polar surface area (TPSA) is 139 Å². The smallest absolute Gasteiger partial charge is 0.295 e. The van der Waals surface area contributed by atoms with Crippen molar-refractivity contribution in [2.24, 2.45) is 5.73 Å². The molecule has 1 aliphatic rings. The SMILES string of the molecule is COc1cnc(C(N)=O)c2[nH]cc(C(=O)C(=O)N3CCN(C(=O)c4ccccc4)[C@H](C)C3)c12. The summed E-state index contributed by atoms with van der Waals surface area (Å²) < 4.78 is 5.28. The molecule has 3 N–H and O–H groups in total. The zero-order valence-electron chi connectivity index (χ0n) is 18.2. The van der Waals surface area contributed by atoms with Crippen LogP contribution in [0.2, 0.25) is 0 Å². The molecule has 0 aliphatic carbocycles. The molecule has 0 bridgehead atoms. The molecule has 2 aromatic heterocycles. The summed E-state index contributed by atoms with van der Waals surface area (Å²) in [6, 6.07) is 8.65. The minimum absolute atomic E-state index is 0.0565. The van der Waals surface area contributed by atoms with Gasteiger partial charge in [0.2, 0.25) is 0 Å². The lowest BCUT2D eigenvalue weighted by atomic mass is 10.1. The van der Waals surface area contributed by atoms with Gasteiger partial charge in [0.15, 0.2) is 5.69 Å². The highest BCUT2D eigenvalue weighted by Gasteiger charge is 2.34. The van der Waals surface area contributed by atoms with E-state index in [1.165, 1.54) is 24.4 Å². The molecule has 1 fully saturated rings. The summed E-state index contributed by atoms with van der Waals surface area (Å²) in [5.41, 5.74) is 6.18. The van der Waals surface area contributed by atoms with Gasteiger partial charge in [-0.05, 0) is 19.1 Å². The van der Waals surface area contributed by atoms with E-state index in [4.69, 9.17) is 10.5 Å². The summed E-state index contributed by atoms with van der Waals surface area (Å²) in [5, 5.41) is 0.269. The number of carbonyl (C=O) groups is 4. The van der Waals surface area contributed by atoms with Gasteiger partial charge < -0.3 is 25.3 Å². The molecule has 0 spiro atoms. The quantitative estimate of drug-likeness (QED) is 0.444. The van der Waals surface area contributed by atoms with Gasteiger partial charge in [0.1, 0.15) is 5.75 Å². The van der Waals surface area contributed by atoms with Crippen molar-refractivity contribution >= 4 is 34.4 Å². The first-order valence-electron chi connectivity index (χ1n) is 10.4. The Hall–Kier alpha value is -4.21. The number of Topliss-reactive ketones (excluding diaryl/α,β-unsaturated/α-hetero) is 1. The van der Waals surface area contributed by atoms with Gasteiger partial charge in [-0.2, -0.15) is 0 Å². The monoisotopic (exact) mass is 449 g/mol. The number of ketones is 1. The first-order chi connectivity index (χ1) is 15.8. The third-order valence-corrected chi connectivity index (χ3v) is 5.76. The van der Waals surface area contributed by atoms with Gasteiger partial charge in [0.05, 0.1) is 29.8 Å². The van der Waals surface area contributed by atoms with Crippen LogP contribution in [0.4, 0.5) is 0 Å². The number of fused-ring (bicyclic) bond motifs is 1. The van der Waals surface area contributed by atoms with Crippen LogP contribution in [0.3, 0.4) is 0 Å². The second kappa shape index (κ2) is 8.73. The number of nitrogens with zero attached hydrogens (tertiary/aromatic N) is 3. The normalized spacial score (nSPS) is 16.0. The fourth-order valence-corrected chi connectivity index (χ4v) is 4.09. The van der Waals surface area contributed by atoms with Gasteiger partial charge >= 0.3 is 0 Å². The standard InChI is InChI=1S/C23H23N5O5/c1-13-12-27(8-9-28(13)22(31)14-6-4-3-5-7-14)23(32)20(29)15-10-25-18-17(15)16(33-2)11-26-19(18)21(24)30/h3-7,10-11,13,25H,8-9,12H2,1-2H3,(H2,24,30)/t13-/m1/s1. The van der Waals surface area contributed by atoms with E-state index in [2.05, 4.69) is 9.97 Å². The fourth-order valence-electron chi connectivity index (χ4n) is 4.09. The number of hydrogen-bond acceptors (Lipinski definition) is 6. The second-order valence-corrected chi connectivity index (χ2v) is 7.79. The number of aromatic amines is 1. The molecule has 3 heterocycles. The largest absolute Gasteiger partial charge is 0.494 e. The maximum Gasteiger partial charge on any atom is 0.295 e. The molecule has 3 amide bonds. The van der Waals surface area contributed by atoms with E-state index in [9.17, 15) is 19.2 Å². The molecule has 0 unspecified atom stereocenters. The lowest BCUT2D eigenvalue weighted by molar-refractivity contribution is -0.128. The summed E-state index contributed by atoms with van der Waals surface area (Å²) in [6.45, 7) is 2.59. The predicted octanol–water partition coefficient (Wildman–Crippen LogP) is 1.23. The van der Waals surface area contributed by atoms with E-state index in [1.807, 2.05) is 13.0 Å². The number of H-pyrrole nitrogens is 1. The van der Waals surface area contributed by atoms with Crippen LogP contribution >= 0.6 is 0 Å². The number of amides is 3. The summed E-state index contributed by atoms with van der Waals surface area (Å²) in [6.07, 6.45) is 2.63. The van der Waals surface area contributed by atoms with Crippen LogP contribution in [-0.4, -0.2) is 76.1 Å². The maximum absolute atomic E-state index is 13.1. The van der Waals surface area contributed by atoms with Crippen LogP contribution in [-0.2, 0) is 4.79 Å². The van der Waals surface area contributed by atoms with Crippen molar-refractivity contribution in [1.29, 1.82) is 0 Å². The zero-order valence-corrected chi connectivity index (χ0v) is 18.2. The van der Waals surface area contributed by atoms with E-state index in [-0.39, 0.29) is 52.9 Å². The van der Waals surface area contributed by atoms with Crippen LogP contribution < -0.4 is 10.5 Å². The predicted molar refractivity (Wildman–Crippen MR) is 119 cm³/mol. The van der Waals surface area contributed by atoms with E-state index in [0.29, 0.717) is 12.1 Å². The van der Waals surface area contributed by atoms with Gasteiger partial charge in [-0.3, -0.25) is 19.2 Å². The number of pyridine rings is 1. The third-order valence-electron chi connectivity index (χ3n) is 5.76. The molecule has 4 rings (SSSR count). The minimum atomic E-state index is -0.775. The van der Waals surface area contributed by atoms with E-state index < -0.39 is 17.6 Å². The van der Waals surface area contributed by atoms with E-state index in [1.54, 1.807) is 29.2 Å². The van der Waals surface area contributed by atoms with Crippen LogP contribution in [0.1, 0.15) is 38.1 Å². The highest BCUT2D eigenvalue weighted by Crippen LogP contribution is 2.30. The van der Waals surface area contributed by atoms with Gasteiger partial charge in [0.25, 0.3) is 23.5 Å². The van der Waals surface area contributed by atoms with Crippen molar-refractivity contribution in [2.45, 2.75) is 13.0 Å². The first-order valence-corrected chi connectivity index (χ1v) is 10.4. The van der Waals surface area contributed by atoms with Gasteiger partial charge in [-0.15, -0.1) is 0 Å². The van der Waals surface area contributed by atoms with Crippen LogP contribution in [0.15, 0.2) is 42.7 Å². The molecular weight excluding hydrogens is 426 g/mol. The molecule has 1 aliphatic heterocycles. The van der Waals surface area contributed by atoms with Gasteiger partial charge in [-0.1, -0.05) is 18.2 Å². The molecule has 10 heteroatoms. The summed E-state index contributed by atoms with van der Waals surface area (Å²) in [4.78, 5) is 60.6. The molecule has 1 saturated heterocycles. The average Bonchev–Trinajstić information content (AvgIpc) is 3.27. The number of ether oxygens (including phenoxy) is 1. The maximum atomic E-state index is 13.1. The highest BCUT2D eigenvalue weighted by molar-refractivity contribution is 6.45. The number of benzene rings is 1. The molecule has 3 aromatic rings. The van der Waals surface area contributed by atoms with Crippen LogP contribution in [0.25, 0.3) is 10.9 Å². The van der Waals surface area contributed by atoms with Crippen LogP contribution in [0.5, 0.6) is 5.75 Å². The summed E-state index contributed by atoms with van der Waals surface area (Å²) in [5.74, 6) is -2.11. The Bertz CT molecular complexity index is 1250. The Labute approximate surface area is 189 Å². The molecule has 170 valence electrons. The third kappa shape index (κ3) is 3.91. The Balaban J connectivity index is 1.56. The van der Waals surface area contributed by atoms with Crippen molar-refractivity contribution in [3.05, 3.63) is 59.5 Å². The number of hydrogen-bond donors (Lipinski definition) is 2. The molecular formula is C23H23N5O5. The van der Waals surface area contributed by atoms with Gasteiger partial charge in [0, 0.05) is 37.4 Å². The number of carbonyl (C=O) groups excluding carboxylic acids is 4. The number of rotatable bonds is 5. The Morgan fingerprint density at radius 2 is 1.88 bits per heavy atom. The molecule has 0 saturated carbocycles. The average molecular weight is 449 g/mol. The van der Waals surface area contributed by atoms with Crippen LogP contribution in [0, 0.1) is 0 Å². The minimum Gasteiger partial charge on any atom is -0.494 e. The molecule has 1 aromatic carbocycles. The van der Waals surface area contributed by atoms with Crippen molar-refractivity contribution in [1.82, 2.24) is 19.8 Å². The van der Waals surface area contributed by atoms with Gasteiger partial charge in [-0.25, -0.2) is 4.98 Å². The summed E-state index contributed by atoms with van der Waals surface area (Å²) in [7, 11) is 1.40. The highest BCUT2D eigenvalue weighted by atomic mass is 16.5. The Morgan fingerprint density at radius 1 is 1.15 bits per heavy atom. The number of methoxy groups -OCH3 is 1. The molecule has 1 atom stereocenters. The number of nitrogens with two attached hydrogens (primary N) is 1.